The standard InChI is InChI=1S/C17H17F2NO3/c1-2-23-14-8-7-13(18)15(16(14)19)17(22)20-9-11-5-3-4-6-12(11)10-21/h3-8,21H,2,9-10H2,1H3,(H,20,22). The van der Waals surface area contributed by atoms with Crippen LogP contribution in [0.5, 0.6) is 5.75 Å². The molecule has 6 heteroatoms. The maximum absolute atomic E-state index is 14.2. The van der Waals surface area contributed by atoms with Crippen LogP contribution in [0.4, 0.5) is 8.78 Å². The Balaban J connectivity index is 2.19. The highest BCUT2D eigenvalue weighted by molar-refractivity contribution is 5.95. The third-order valence-corrected chi connectivity index (χ3v) is 3.31. The number of aliphatic hydroxyl groups excluding tert-OH is 1. The Morgan fingerprint density at radius 2 is 1.87 bits per heavy atom. The molecule has 0 aliphatic rings. The van der Waals surface area contributed by atoms with Crippen molar-refractivity contribution in [2.24, 2.45) is 0 Å². The van der Waals surface area contributed by atoms with Crippen molar-refractivity contribution in [1.82, 2.24) is 5.32 Å². The average molecular weight is 321 g/mol. The van der Waals surface area contributed by atoms with E-state index in [1.54, 1.807) is 31.2 Å². The lowest BCUT2D eigenvalue weighted by atomic mass is 10.1. The van der Waals surface area contributed by atoms with Gasteiger partial charge in [0.05, 0.1) is 13.2 Å². The van der Waals surface area contributed by atoms with Crippen LogP contribution in [0.2, 0.25) is 0 Å². The number of hydrogen-bond acceptors (Lipinski definition) is 3. The van der Waals surface area contributed by atoms with Crippen LogP contribution in [0.25, 0.3) is 0 Å². The van der Waals surface area contributed by atoms with Crippen LogP contribution < -0.4 is 10.1 Å². The lowest BCUT2D eigenvalue weighted by molar-refractivity contribution is 0.0941. The second-order valence-corrected chi connectivity index (χ2v) is 4.78. The predicted octanol–water partition coefficient (Wildman–Crippen LogP) is 2.79. The Morgan fingerprint density at radius 3 is 2.52 bits per heavy atom. The van der Waals surface area contributed by atoms with Gasteiger partial charge < -0.3 is 15.2 Å². The lowest BCUT2D eigenvalue weighted by Crippen LogP contribution is -2.25. The van der Waals surface area contributed by atoms with E-state index in [4.69, 9.17) is 4.74 Å². The highest BCUT2D eigenvalue weighted by atomic mass is 19.1. The van der Waals surface area contributed by atoms with Crippen LogP contribution in [-0.2, 0) is 13.2 Å². The zero-order chi connectivity index (χ0) is 16.8. The lowest BCUT2D eigenvalue weighted by Gasteiger charge is -2.12. The number of amides is 1. The Bertz CT molecular complexity index is 704. The summed E-state index contributed by atoms with van der Waals surface area (Å²) in [6.45, 7) is 1.73. The van der Waals surface area contributed by atoms with Crippen molar-refractivity contribution in [3.8, 4) is 5.75 Å². The number of carbonyl (C=O) groups is 1. The van der Waals surface area contributed by atoms with E-state index in [0.29, 0.717) is 11.1 Å². The fraction of sp³-hybridized carbons (Fsp3) is 0.235. The molecule has 122 valence electrons. The van der Waals surface area contributed by atoms with Gasteiger partial charge >= 0.3 is 0 Å². The minimum Gasteiger partial charge on any atom is -0.491 e. The average Bonchev–Trinajstić information content (AvgIpc) is 2.56. The van der Waals surface area contributed by atoms with Crippen LogP contribution in [0.1, 0.15) is 28.4 Å². The van der Waals surface area contributed by atoms with E-state index < -0.39 is 23.1 Å². The van der Waals surface area contributed by atoms with Crippen molar-refractivity contribution in [1.29, 1.82) is 0 Å². The molecule has 2 aromatic carbocycles. The molecule has 0 aliphatic carbocycles. The topological polar surface area (TPSA) is 58.6 Å². The first-order valence-electron chi connectivity index (χ1n) is 7.15. The fourth-order valence-corrected chi connectivity index (χ4v) is 2.16. The molecule has 0 heterocycles. The monoisotopic (exact) mass is 321 g/mol. The Hall–Kier alpha value is -2.47. The van der Waals surface area contributed by atoms with E-state index in [1.807, 2.05) is 0 Å². The first-order valence-corrected chi connectivity index (χ1v) is 7.15. The molecular formula is C17H17F2NO3. The normalized spacial score (nSPS) is 10.4. The minimum absolute atomic E-state index is 0.0489. The molecule has 0 radical (unpaired) electrons. The summed E-state index contributed by atoms with van der Waals surface area (Å²) in [5.74, 6) is -3.04. The van der Waals surface area contributed by atoms with E-state index in [0.717, 1.165) is 12.1 Å². The quantitative estimate of drug-likeness (QED) is 0.860. The van der Waals surface area contributed by atoms with E-state index in [1.165, 1.54) is 0 Å². The van der Waals surface area contributed by atoms with Crippen LogP contribution >= 0.6 is 0 Å². The summed E-state index contributed by atoms with van der Waals surface area (Å²) >= 11 is 0. The van der Waals surface area contributed by atoms with Gasteiger partial charge in [-0.3, -0.25) is 4.79 Å². The van der Waals surface area contributed by atoms with E-state index >= 15 is 0 Å². The molecule has 23 heavy (non-hydrogen) atoms. The van der Waals surface area contributed by atoms with Gasteiger partial charge in [0.2, 0.25) is 0 Å². The molecule has 0 aliphatic heterocycles. The Labute approximate surface area is 132 Å². The number of rotatable bonds is 6. The molecular weight excluding hydrogens is 304 g/mol. The number of aliphatic hydroxyl groups is 1. The molecule has 0 atom stereocenters. The number of carbonyl (C=O) groups excluding carboxylic acids is 1. The second-order valence-electron chi connectivity index (χ2n) is 4.78. The first-order chi connectivity index (χ1) is 11.1. The van der Waals surface area contributed by atoms with Gasteiger partial charge in [-0.15, -0.1) is 0 Å². The number of hydrogen-bond donors (Lipinski definition) is 2. The van der Waals surface area contributed by atoms with Gasteiger partial charge in [0.1, 0.15) is 11.4 Å². The third-order valence-electron chi connectivity index (χ3n) is 3.31. The summed E-state index contributed by atoms with van der Waals surface area (Å²) in [5, 5.41) is 11.7. The molecule has 2 N–H and O–H groups in total. The van der Waals surface area contributed by atoms with Crippen LogP contribution in [-0.4, -0.2) is 17.6 Å². The molecule has 1 amide bonds. The highest BCUT2D eigenvalue weighted by Gasteiger charge is 2.21. The van der Waals surface area contributed by atoms with Crippen molar-refractivity contribution in [2.75, 3.05) is 6.61 Å². The van der Waals surface area contributed by atoms with Gasteiger partial charge in [0.25, 0.3) is 5.91 Å². The highest BCUT2D eigenvalue weighted by Crippen LogP contribution is 2.23. The summed E-state index contributed by atoms with van der Waals surface area (Å²) in [5.41, 5.74) is 0.624. The maximum atomic E-state index is 14.2. The largest absolute Gasteiger partial charge is 0.491 e. The summed E-state index contributed by atoms with van der Waals surface area (Å²) in [4.78, 5) is 12.1. The second kappa shape index (κ2) is 7.69. The SMILES string of the molecule is CCOc1ccc(F)c(C(=O)NCc2ccccc2CO)c1F. The predicted molar refractivity (Wildman–Crippen MR) is 81.1 cm³/mol. The Kier molecular flexibility index (Phi) is 5.65. The van der Waals surface area contributed by atoms with Gasteiger partial charge in [-0.2, -0.15) is 0 Å². The molecule has 4 nitrogen and oxygen atoms in total. The molecule has 2 aromatic rings. The summed E-state index contributed by atoms with van der Waals surface area (Å²) in [6.07, 6.45) is 0. The molecule has 2 rings (SSSR count). The number of benzene rings is 2. The minimum atomic E-state index is -1.03. The molecule has 0 saturated heterocycles. The van der Waals surface area contributed by atoms with Crippen LogP contribution in [0.3, 0.4) is 0 Å². The first kappa shape index (κ1) is 16.9. The van der Waals surface area contributed by atoms with Gasteiger partial charge in [-0.25, -0.2) is 8.78 Å². The molecule has 0 spiro atoms. The van der Waals surface area contributed by atoms with Gasteiger partial charge in [0.15, 0.2) is 11.6 Å². The molecule has 0 saturated carbocycles. The van der Waals surface area contributed by atoms with Gasteiger partial charge in [-0.1, -0.05) is 24.3 Å². The summed E-state index contributed by atoms with van der Waals surface area (Å²) in [7, 11) is 0. The van der Waals surface area contributed by atoms with Crippen molar-refractivity contribution in [2.45, 2.75) is 20.1 Å². The zero-order valence-electron chi connectivity index (χ0n) is 12.6. The number of ether oxygens (including phenoxy) is 1. The maximum Gasteiger partial charge on any atom is 0.257 e. The fourth-order valence-electron chi connectivity index (χ4n) is 2.16. The van der Waals surface area contributed by atoms with Crippen molar-refractivity contribution in [3.63, 3.8) is 0 Å². The molecule has 0 fully saturated rings. The molecule has 0 unspecified atom stereocenters. The number of halogens is 2. The van der Waals surface area contributed by atoms with Crippen LogP contribution in [0.15, 0.2) is 36.4 Å². The third kappa shape index (κ3) is 3.84. The van der Waals surface area contributed by atoms with Gasteiger partial charge in [0, 0.05) is 6.54 Å². The van der Waals surface area contributed by atoms with E-state index in [9.17, 15) is 18.7 Å². The van der Waals surface area contributed by atoms with E-state index in [-0.39, 0.29) is 25.5 Å². The Morgan fingerprint density at radius 1 is 1.17 bits per heavy atom. The van der Waals surface area contributed by atoms with E-state index in [2.05, 4.69) is 5.32 Å². The molecule has 0 aromatic heterocycles. The summed E-state index contributed by atoms with van der Waals surface area (Å²) in [6, 6.07) is 9.06. The van der Waals surface area contributed by atoms with Gasteiger partial charge in [-0.05, 0) is 30.2 Å². The smallest absolute Gasteiger partial charge is 0.257 e. The van der Waals surface area contributed by atoms with Crippen molar-refractivity contribution < 1.29 is 23.4 Å². The van der Waals surface area contributed by atoms with Crippen molar-refractivity contribution >= 4 is 5.91 Å². The zero-order valence-corrected chi connectivity index (χ0v) is 12.6. The van der Waals surface area contributed by atoms with Crippen LogP contribution in [0, 0.1) is 11.6 Å². The number of nitrogens with one attached hydrogen (secondary N) is 1. The molecule has 0 bridgehead atoms. The summed E-state index contributed by atoms with van der Waals surface area (Å²) < 4.78 is 33.0. The van der Waals surface area contributed by atoms with Crippen molar-refractivity contribution in [3.05, 3.63) is 64.7 Å².